The van der Waals surface area contributed by atoms with Gasteiger partial charge in [0.05, 0.1) is 6.20 Å². The monoisotopic (exact) mass is 217 g/mol. The van der Waals surface area contributed by atoms with E-state index < -0.39 is 0 Å². The van der Waals surface area contributed by atoms with Gasteiger partial charge in [0.15, 0.2) is 0 Å². The summed E-state index contributed by atoms with van der Waals surface area (Å²) in [5.74, 6) is 1.02. The van der Waals surface area contributed by atoms with E-state index in [9.17, 15) is 0 Å². The second kappa shape index (κ2) is 3.36. The second-order valence-electron chi connectivity index (χ2n) is 2.74. The number of rotatable bonds is 2. The number of hydrogen-bond acceptors (Lipinski definition) is 2. The van der Waals surface area contributed by atoms with Gasteiger partial charge in [0.1, 0.15) is 10.4 Å². The van der Waals surface area contributed by atoms with E-state index in [1.807, 2.05) is 18.5 Å². The zero-order valence-corrected chi connectivity index (χ0v) is 8.30. The summed E-state index contributed by atoms with van der Waals surface area (Å²) in [6.45, 7) is 1.97. The van der Waals surface area contributed by atoms with Crippen molar-refractivity contribution >= 4 is 15.9 Å². The lowest BCUT2D eigenvalue weighted by Crippen LogP contribution is -2.20. The van der Waals surface area contributed by atoms with Crippen molar-refractivity contribution < 1.29 is 0 Å². The predicted octanol–water partition coefficient (Wildman–Crippen LogP) is 1.07. The molecular weight excluding hydrogens is 206 g/mol. The topological polar surface area (TPSA) is 43.8 Å². The van der Waals surface area contributed by atoms with Crippen LogP contribution in [0, 0.1) is 0 Å². The first-order valence-corrected chi connectivity index (χ1v) is 4.32. The Morgan fingerprint density at radius 3 is 2.82 bits per heavy atom. The van der Waals surface area contributed by atoms with Crippen LogP contribution in [0.2, 0.25) is 0 Å². The van der Waals surface area contributed by atoms with Crippen LogP contribution < -0.4 is 5.73 Å². The SMILES string of the molecule is CC(N)Cc1ncc(Br)n1C. The van der Waals surface area contributed by atoms with Crippen LogP contribution >= 0.6 is 15.9 Å². The smallest absolute Gasteiger partial charge is 0.110 e. The number of hydrogen-bond donors (Lipinski definition) is 1. The largest absolute Gasteiger partial charge is 0.328 e. The van der Waals surface area contributed by atoms with Crippen molar-refractivity contribution in [1.82, 2.24) is 9.55 Å². The minimum Gasteiger partial charge on any atom is -0.328 e. The van der Waals surface area contributed by atoms with E-state index in [1.54, 1.807) is 6.20 Å². The van der Waals surface area contributed by atoms with E-state index in [0.717, 1.165) is 16.8 Å². The number of imidazole rings is 1. The standard InChI is InChI=1S/C7H12BrN3/c1-5(9)3-7-10-4-6(8)11(7)2/h4-5H,3,9H2,1-2H3. The summed E-state index contributed by atoms with van der Waals surface area (Å²) in [6.07, 6.45) is 2.61. The Morgan fingerprint density at radius 1 is 1.82 bits per heavy atom. The van der Waals surface area contributed by atoms with Crippen LogP contribution in [-0.2, 0) is 13.5 Å². The third kappa shape index (κ3) is 2.04. The van der Waals surface area contributed by atoms with Crippen LogP contribution in [0.5, 0.6) is 0 Å². The summed E-state index contributed by atoms with van der Waals surface area (Å²) in [5.41, 5.74) is 5.63. The van der Waals surface area contributed by atoms with Gasteiger partial charge in [-0.3, -0.25) is 0 Å². The number of aromatic nitrogens is 2. The molecule has 0 radical (unpaired) electrons. The second-order valence-corrected chi connectivity index (χ2v) is 3.55. The molecule has 0 amide bonds. The Morgan fingerprint density at radius 2 is 2.45 bits per heavy atom. The minimum atomic E-state index is 0.169. The maximum Gasteiger partial charge on any atom is 0.110 e. The molecule has 0 aliphatic rings. The van der Waals surface area contributed by atoms with Crippen molar-refractivity contribution in [3.63, 3.8) is 0 Å². The highest BCUT2D eigenvalue weighted by Gasteiger charge is 2.05. The summed E-state index contributed by atoms with van der Waals surface area (Å²) in [7, 11) is 1.97. The summed E-state index contributed by atoms with van der Waals surface area (Å²) in [4.78, 5) is 4.19. The number of nitrogens with zero attached hydrogens (tertiary/aromatic N) is 2. The van der Waals surface area contributed by atoms with E-state index >= 15 is 0 Å². The molecular formula is C7H12BrN3. The molecule has 0 saturated heterocycles. The van der Waals surface area contributed by atoms with Crippen LogP contribution in [0.3, 0.4) is 0 Å². The summed E-state index contributed by atoms with van der Waals surface area (Å²) >= 11 is 3.37. The molecule has 1 rings (SSSR count). The van der Waals surface area contributed by atoms with Crippen molar-refractivity contribution in [2.24, 2.45) is 12.8 Å². The Balaban J connectivity index is 2.79. The molecule has 2 N–H and O–H groups in total. The Hall–Kier alpha value is -0.350. The van der Waals surface area contributed by atoms with Gasteiger partial charge in [-0.2, -0.15) is 0 Å². The van der Waals surface area contributed by atoms with Gasteiger partial charge in [-0.15, -0.1) is 0 Å². The normalized spacial score (nSPS) is 13.5. The molecule has 1 atom stereocenters. The zero-order valence-electron chi connectivity index (χ0n) is 6.71. The van der Waals surface area contributed by atoms with Gasteiger partial charge in [-0.1, -0.05) is 0 Å². The molecule has 1 heterocycles. The molecule has 62 valence electrons. The van der Waals surface area contributed by atoms with Crippen molar-refractivity contribution in [1.29, 1.82) is 0 Å². The van der Waals surface area contributed by atoms with Crippen LogP contribution in [0.4, 0.5) is 0 Å². The average molecular weight is 218 g/mol. The third-order valence-electron chi connectivity index (χ3n) is 1.53. The number of halogens is 1. The first-order chi connectivity index (χ1) is 5.11. The Kier molecular flexibility index (Phi) is 2.67. The molecule has 0 aliphatic heterocycles. The highest BCUT2D eigenvalue weighted by atomic mass is 79.9. The van der Waals surface area contributed by atoms with Gasteiger partial charge in [-0.25, -0.2) is 4.98 Å². The molecule has 1 aromatic heterocycles. The molecule has 4 heteroatoms. The third-order valence-corrected chi connectivity index (χ3v) is 2.27. The fourth-order valence-corrected chi connectivity index (χ4v) is 1.21. The maximum absolute atomic E-state index is 5.63. The van der Waals surface area contributed by atoms with Gasteiger partial charge >= 0.3 is 0 Å². The maximum atomic E-state index is 5.63. The minimum absolute atomic E-state index is 0.169. The van der Waals surface area contributed by atoms with Crippen molar-refractivity contribution in [2.75, 3.05) is 0 Å². The summed E-state index contributed by atoms with van der Waals surface area (Å²) in [5, 5.41) is 0. The highest BCUT2D eigenvalue weighted by Crippen LogP contribution is 2.10. The predicted molar refractivity (Wildman–Crippen MR) is 48.3 cm³/mol. The summed E-state index contributed by atoms with van der Waals surface area (Å²) in [6, 6.07) is 0.169. The van der Waals surface area contributed by atoms with Crippen molar-refractivity contribution in [3.05, 3.63) is 16.6 Å². The summed E-state index contributed by atoms with van der Waals surface area (Å²) < 4.78 is 2.98. The van der Waals surface area contributed by atoms with Crippen LogP contribution in [0.1, 0.15) is 12.7 Å². The van der Waals surface area contributed by atoms with Crippen LogP contribution in [0.15, 0.2) is 10.8 Å². The molecule has 0 aromatic carbocycles. The molecule has 0 bridgehead atoms. The zero-order chi connectivity index (χ0) is 8.43. The van der Waals surface area contributed by atoms with Gasteiger partial charge in [0.2, 0.25) is 0 Å². The van der Waals surface area contributed by atoms with E-state index in [2.05, 4.69) is 20.9 Å². The van der Waals surface area contributed by atoms with E-state index in [0.29, 0.717) is 0 Å². The fraction of sp³-hybridized carbons (Fsp3) is 0.571. The van der Waals surface area contributed by atoms with Crippen LogP contribution in [-0.4, -0.2) is 15.6 Å². The molecule has 3 nitrogen and oxygen atoms in total. The molecule has 1 unspecified atom stereocenters. The van der Waals surface area contributed by atoms with Gasteiger partial charge in [0.25, 0.3) is 0 Å². The molecule has 0 saturated carbocycles. The molecule has 0 fully saturated rings. The van der Waals surface area contributed by atoms with Crippen molar-refractivity contribution in [3.8, 4) is 0 Å². The first-order valence-electron chi connectivity index (χ1n) is 3.53. The lowest BCUT2D eigenvalue weighted by Gasteiger charge is -2.04. The van der Waals surface area contributed by atoms with Crippen LogP contribution in [0.25, 0.3) is 0 Å². The van der Waals surface area contributed by atoms with E-state index in [-0.39, 0.29) is 6.04 Å². The average Bonchev–Trinajstić information content (AvgIpc) is 2.18. The Bertz CT molecular complexity index is 242. The first kappa shape index (κ1) is 8.74. The van der Waals surface area contributed by atoms with Gasteiger partial charge < -0.3 is 10.3 Å². The van der Waals surface area contributed by atoms with E-state index in [1.165, 1.54) is 0 Å². The Labute approximate surface area is 74.7 Å². The fourth-order valence-electron chi connectivity index (χ4n) is 0.902. The molecule has 0 aliphatic carbocycles. The van der Waals surface area contributed by atoms with Gasteiger partial charge in [-0.05, 0) is 22.9 Å². The highest BCUT2D eigenvalue weighted by molar-refractivity contribution is 9.10. The number of nitrogens with two attached hydrogens (primary N) is 1. The van der Waals surface area contributed by atoms with Gasteiger partial charge in [0, 0.05) is 19.5 Å². The molecule has 0 spiro atoms. The lowest BCUT2D eigenvalue weighted by molar-refractivity contribution is 0.668. The van der Waals surface area contributed by atoms with E-state index in [4.69, 9.17) is 5.73 Å². The molecule has 11 heavy (non-hydrogen) atoms. The van der Waals surface area contributed by atoms with Crippen molar-refractivity contribution in [2.45, 2.75) is 19.4 Å². The lowest BCUT2D eigenvalue weighted by atomic mass is 10.2. The quantitative estimate of drug-likeness (QED) is 0.806. The molecule has 1 aromatic rings.